The number of rotatable bonds is 2. The van der Waals surface area contributed by atoms with Crippen molar-refractivity contribution in [3.05, 3.63) is 46.6 Å². The van der Waals surface area contributed by atoms with Crippen LogP contribution in [0, 0.1) is 17.8 Å². The normalized spacial score (nSPS) is 32.3. The first-order valence-electron chi connectivity index (χ1n) is 8.61. The molecule has 106 valence electrons. The zero-order valence-corrected chi connectivity index (χ0v) is 12.7. The standard InChI is InChI=1S/C20H26/c1-14(17-12-10-15-6-2-4-8-19(15)17)18-13-11-16-7-3-5-9-20(16)18/h4-5,8-9,14,17-18H,2-3,6-7,10-13H2,1H3/t17-,18-/m1/s1. The molecule has 20 heavy (non-hydrogen) atoms. The van der Waals surface area contributed by atoms with Crippen LogP contribution in [0.5, 0.6) is 0 Å². The molecular weight excluding hydrogens is 240 g/mol. The quantitative estimate of drug-likeness (QED) is 0.598. The Morgan fingerprint density at radius 1 is 0.800 bits per heavy atom. The van der Waals surface area contributed by atoms with Crippen LogP contribution in [0.25, 0.3) is 0 Å². The SMILES string of the molecule is CC([C@H]1CCC2=C1C=CCC2)[C@H]1CCC2=C1C=CCC2. The van der Waals surface area contributed by atoms with E-state index in [0.29, 0.717) is 0 Å². The van der Waals surface area contributed by atoms with E-state index in [1.54, 1.807) is 22.3 Å². The van der Waals surface area contributed by atoms with Gasteiger partial charge in [0.15, 0.2) is 0 Å². The van der Waals surface area contributed by atoms with Gasteiger partial charge in [-0.3, -0.25) is 0 Å². The topological polar surface area (TPSA) is 0 Å². The fourth-order valence-electron chi connectivity index (χ4n) is 5.11. The van der Waals surface area contributed by atoms with E-state index < -0.39 is 0 Å². The van der Waals surface area contributed by atoms with E-state index in [1.165, 1.54) is 51.4 Å². The van der Waals surface area contributed by atoms with E-state index in [2.05, 4.69) is 31.2 Å². The largest absolute Gasteiger partial charge is 0.0839 e. The fraction of sp³-hybridized carbons (Fsp3) is 0.600. The predicted molar refractivity (Wildman–Crippen MR) is 85.4 cm³/mol. The zero-order chi connectivity index (χ0) is 13.5. The van der Waals surface area contributed by atoms with E-state index in [1.807, 2.05) is 0 Å². The Labute approximate surface area is 123 Å². The van der Waals surface area contributed by atoms with Gasteiger partial charge in [-0.2, -0.15) is 0 Å². The molecule has 0 heterocycles. The summed E-state index contributed by atoms with van der Waals surface area (Å²) in [5.41, 5.74) is 7.04. The molecule has 0 aromatic heterocycles. The minimum atomic E-state index is 0.834. The van der Waals surface area contributed by atoms with Crippen LogP contribution in [0.3, 0.4) is 0 Å². The highest BCUT2D eigenvalue weighted by molar-refractivity contribution is 5.39. The number of allylic oxidation sites excluding steroid dienone is 8. The molecule has 2 atom stereocenters. The van der Waals surface area contributed by atoms with Gasteiger partial charge in [-0.05, 0) is 80.3 Å². The molecule has 4 aliphatic carbocycles. The molecule has 4 rings (SSSR count). The van der Waals surface area contributed by atoms with Crippen molar-refractivity contribution in [1.29, 1.82) is 0 Å². The molecule has 0 aromatic carbocycles. The Kier molecular flexibility index (Phi) is 3.21. The molecule has 0 aromatic rings. The summed E-state index contributed by atoms with van der Waals surface area (Å²) in [6.45, 7) is 2.53. The second-order valence-electron chi connectivity index (χ2n) is 7.15. The lowest BCUT2D eigenvalue weighted by atomic mass is 9.75. The molecule has 0 aliphatic heterocycles. The molecule has 0 saturated heterocycles. The summed E-state index contributed by atoms with van der Waals surface area (Å²) in [5.74, 6) is 2.52. The van der Waals surface area contributed by atoms with Gasteiger partial charge in [-0.25, -0.2) is 0 Å². The van der Waals surface area contributed by atoms with Crippen molar-refractivity contribution in [2.75, 3.05) is 0 Å². The van der Waals surface area contributed by atoms with Gasteiger partial charge in [-0.15, -0.1) is 0 Å². The number of hydrogen-bond acceptors (Lipinski definition) is 0. The van der Waals surface area contributed by atoms with Crippen LogP contribution >= 0.6 is 0 Å². The third kappa shape index (κ3) is 1.96. The molecule has 0 amide bonds. The summed E-state index contributed by atoms with van der Waals surface area (Å²) in [6.07, 6.45) is 20.6. The third-order valence-electron chi connectivity index (χ3n) is 6.22. The van der Waals surface area contributed by atoms with Crippen LogP contribution in [0.1, 0.15) is 58.3 Å². The summed E-state index contributed by atoms with van der Waals surface area (Å²) >= 11 is 0. The first-order valence-corrected chi connectivity index (χ1v) is 8.61. The van der Waals surface area contributed by atoms with Gasteiger partial charge in [0.2, 0.25) is 0 Å². The maximum Gasteiger partial charge on any atom is -0.0128 e. The van der Waals surface area contributed by atoms with Crippen LogP contribution in [0.15, 0.2) is 46.6 Å². The maximum absolute atomic E-state index is 2.53. The predicted octanol–water partition coefficient (Wildman–Crippen LogP) is 5.74. The van der Waals surface area contributed by atoms with Gasteiger partial charge in [-0.1, -0.05) is 42.4 Å². The minimum absolute atomic E-state index is 0.834. The Morgan fingerprint density at radius 3 is 1.80 bits per heavy atom. The molecule has 0 unspecified atom stereocenters. The summed E-state index contributed by atoms with van der Waals surface area (Å²) in [4.78, 5) is 0. The third-order valence-corrected chi connectivity index (χ3v) is 6.22. The van der Waals surface area contributed by atoms with E-state index in [4.69, 9.17) is 0 Å². The van der Waals surface area contributed by atoms with Crippen LogP contribution in [0.4, 0.5) is 0 Å². The van der Waals surface area contributed by atoms with E-state index in [9.17, 15) is 0 Å². The van der Waals surface area contributed by atoms with E-state index >= 15 is 0 Å². The molecule has 0 fully saturated rings. The van der Waals surface area contributed by atoms with Gasteiger partial charge in [0.05, 0.1) is 0 Å². The Balaban J connectivity index is 1.58. The highest BCUT2D eigenvalue weighted by Gasteiger charge is 2.37. The Hall–Kier alpha value is -1.04. The lowest BCUT2D eigenvalue weighted by Gasteiger charge is -2.29. The second kappa shape index (κ2) is 5.06. The zero-order valence-electron chi connectivity index (χ0n) is 12.7. The van der Waals surface area contributed by atoms with Crippen molar-refractivity contribution >= 4 is 0 Å². The number of hydrogen-bond donors (Lipinski definition) is 0. The summed E-state index contributed by atoms with van der Waals surface area (Å²) in [5, 5.41) is 0. The lowest BCUT2D eigenvalue weighted by Crippen LogP contribution is -2.20. The molecule has 4 aliphatic rings. The molecule has 0 bridgehead atoms. The molecular formula is C20H26. The van der Waals surface area contributed by atoms with E-state index in [0.717, 1.165) is 17.8 Å². The van der Waals surface area contributed by atoms with Crippen molar-refractivity contribution in [3.63, 3.8) is 0 Å². The van der Waals surface area contributed by atoms with Crippen molar-refractivity contribution in [1.82, 2.24) is 0 Å². The van der Waals surface area contributed by atoms with Crippen LogP contribution < -0.4 is 0 Å². The van der Waals surface area contributed by atoms with Crippen molar-refractivity contribution in [2.45, 2.75) is 58.3 Å². The van der Waals surface area contributed by atoms with Crippen LogP contribution in [-0.4, -0.2) is 0 Å². The minimum Gasteiger partial charge on any atom is -0.0839 e. The molecule has 0 nitrogen and oxygen atoms in total. The average Bonchev–Trinajstić information content (AvgIpc) is 3.11. The van der Waals surface area contributed by atoms with Crippen molar-refractivity contribution in [3.8, 4) is 0 Å². The second-order valence-corrected chi connectivity index (χ2v) is 7.15. The molecule has 0 radical (unpaired) electrons. The molecule has 0 saturated carbocycles. The first kappa shape index (κ1) is 12.7. The molecule has 0 N–H and O–H groups in total. The van der Waals surface area contributed by atoms with Gasteiger partial charge >= 0.3 is 0 Å². The van der Waals surface area contributed by atoms with Gasteiger partial charge < -0.3 is 0 Å². The lowest BCUT2D eigenvalue weighted by molar-refractivity contribution is 0.311. The molecule has 0 spiro atoms. The Morgan fingerprint density at radius 2 is 1.30 bits per heavy atom. The van der Waals surface area contributed by atoms with Crippen LogP contribution in [-0.2, 0) is 0 Å². The smallest absolute Gasteiger partial charge is 0.0128 e. The van der Waals surface area contributed by atoms with Crippen LogP contribution in [0.2, 0.25) is 0 Å². The Bertz CT molecular complexity index is 478. The van der Waals surface area contributed by atoms with Crippen molar-refractivity contribution in [2.24, 2.45) is 17.8 Å². The maximum atomic E-state index is 2.53. The first-order chi connectivity index (χ1) is 9.84. The fourth-order valence-corrected chi connectivity index (χ4v) is 5.11. The summed E-state index contributed by atoms with van der Waals surface area (Å²) in [7, 11) is 0. The van der Waals surface area contributed by atoms with E-state index in [-0.39, 0.29) is 0 Å². The molecule has 0 heteroatoms. The summed E-state index contributed by atoms with van der Waals surface area (Å²) in [6, 6.07) is 0. The average molecular weight is 266 g/mol. The highest BCUT2D eigenvalue weighted by Crippen LogP contribution is 2.49. The summed E-state index contributed by atoms with van der Waals surface area (Å²) < 4.78 is 0. The monoisotopic (exact) mass is 266 g/mol. The van der Waals surface area contributed by atoms with Gasteiger partial charge in [0.1, 0.15) is 0 Å². The van der Waals surface area contributed by atoms with Crippen molar-refractivity contribution < 1.29 is 0 Å². The van der Waals surface area contributed by atoms with Gasteiger partial charge in [0.25, 0.3) is 0 Å². The highest BCUT2D eigenvalue weighted by atomic mass is 14.4. The van der Waals surface area contributed by atoms with Gasteiger partial charge in [0, 0.05) is 0 Å².